The van der Waals surface area contributed by atoms with Crippen LogP contribution in [0.15, 0.2) is 170 Å². The van der Waals surface area contributed by atoms with E-state index in [1.54, 1.807) is 11.3 Å². The Bertz CT molecular complexity index is 2740. The second-order valence-electron chi connectivity index (χ2n) is 11.0. The lowest BCUT2D eigenvalue weighted by Gasteiger charge is -2.26. The molecule has 0 unspecified atom stereocenters. The van der Waals surface area contributed by atoms with Crippen LogP contribution in [-0.4, -0.2) is 4.57 Å². The fourth-order valence-electron chi connectivity index (χ4n) is 6.54. The van der Waals surface area contributed by atoms with E-state index in [1.807, 2.05) is 47.4 Å². The maximum Gasteiger partial charge on any atom is 0.0645 e. The van der Waals surface area contributed by atoms with Gasteiger partial charge >= 0.3 is 0 Å². The van der Waals surface area contributed by atoms with Crippen LogP contribution in [0.4, 0.5) is 17.1 Å². The maximum atomic E-state index is 8.99. The summed E-state index contributed by atoms with van der Waals surface area (Å²) in [6.07, 6.45) is 0. The molecule has 0 atom stereocenters. The van der Waals surface area contributed by atoms with Crippen molar-refractivity contribution >= 4 is 70.4 Å². The number of para-hydroxylation sites is 4. The van der Waals surface area contributed by atoms with E-state index in [9.17, 15) is 0 Å². The summed E-state index contributed by atoms with van der Waals surface area (Å²) in [5, 5.41) is 4.50. The molecule has 0 aliphatic heterocycles. The van der Waals surface area contributed by atoms with Crippen LogP contribution in [0.3, 0.4) is 0 Å². The van der Waals surface area contributed by atoms with Gasteiger partial charge in [0.25, 0.3) is 0 Å². The first-order valence-electron chi connectivity index (χ1n) is 17.4. The summed E-state index contributed by atoms with van der Waals surface area (Å²) in [5.74, 6) is 0. The molecule has 45 heavy (non-hydrogen) atoms. The third-order valence-electron chi connectivity index (χ3n) is 8.48. The summed E-state index contributed by atoms with van der Waals surface area (Å²) in [6, 6.07) is 45.9. The molecular formula is C42H28N2S. The van der Waals surface area contributed by atoms with Gasteiger partial charge in [0.15, 0.2) is 0 Å². The summed E-state index contributed by atoms with van der Waals surface area (Å²) in [5.41, 5.74) is 6.92. The van der Waals surface area contributed by atoms with Gasteiger partial charge in [0.1, 0.15) is 0 Å². The first kappa shape index (κ1) is 21.1. The predicted molar refractivity (Wildman–Crippen MR) is 194 cm³/mol. The number of aromatic nitrogens is 1. The predicted octanol–water partition coefficient (Wildman–Crippen LogP) is 12.3. The lowest BCUT2D eigenvalue weighted by Crippen LogP contribution is -2.09. The van der Waals surface area contributed by atoms with Gasteiger partial charge in [-0.05, 0) is 60.1 Å². The highest BCUT2D eigenvalue weighted by atomic mass is 32.1. The molecule has 0 amide bonds. The summed E-state index contributed by atoms with van der Waals surface area (Å²) in [4.78, 5) is 1.82. The largest absolute Gasteiger partial charge is 0.309 e. The fourth-order valence-corrected chi connectivity index (χ4v) is 7.75. The van der Waals surface area contributed by atoms with Crippen LogP contribution in [0, 0.1) is 0 Å². The van der Waals surface area contributed by atoms with Crippen LogP contribution in [0.5, 0.6) is 0 Å². The second-order valence-corrected chi connectivity index (χ2v) is 12.0. The van der Waals surface area contributed by atoms with E-state index >= 15 is 0 Å². The Morgan fingerprint density at radius 3 is 2.07 bits per heavy atom. The lowest BCUT2D eigenvalue weighted by molar-refractivity contribution is 1.18. The van der Waals surface area contributed by atoms with Gasteiger partial charge in [0.05, 0.1) is 28.3 Å². The van der Waals surface area contributed by atoms with Crippen molar-refractivity contribution in [3.05, 3.63) is 170 Å². The van der Waals surface area contributed by atoms with E-state index in [1.165, 1.54) is 5.39 Å². The minimum Gasteiger partial charge on any atom is -0.309 e. The van der Waals surface area contributed by atoms with Gasteiger partial charge in [-0.1, -0.05) is 115 Å². The van der Waals surface area contributed by atoms with Gasteiger partial charge in [-0.15, -0.1) is 11.3 Å². The molecule has 0 N–H and O–H groups in total. The van der Waals surface area contributed by atoms with E-state index in [4.69, 9.17) is 6.85 Å². The van der Waals surface area contributed by atoms with Crippen LogP contribution < -0.4 is 4.90 Å². The number of rotatable bonds is 5. The van der Waals surface area contributed by atoms with Crippen LogP contribution in [-0.2, 0) is 0 Å². The Hall–Kier alpha value is -5.64. The Morgan fingerprint density at radius 1 is 0.533 bits per heavy atom. The SMILES string of the molecule is [2H]c1c([2H])c([2H])c(N(c2ccc(-c3cccc4c5ccccc5n(-c5ccccc5)c34)cc2)c2cccc3c2sc2ccccc23)c([2H])c1[2H]. The molecule has 0 spiro atoms. The monoisotopic (exact) mass is 597 g/mol. The topological polar surface area (TPSA) is 8.17 Å². The van der Waals surface area contributed by atoms with E-state index in [2.05, 4.69) is 102 Å². The summed E-state index contributed by atoms with van der Waals surface area (Å²) >= 11 is 1.63. The number of benzene rings is 7. The van der Waals surface area contributed by atoms with Crippen LogP contribution in [0.1, 0.15) is 6.85 Å². The summed E-state index contributed by atoms with van der Waals surface area (Å²) in [7, 11) is 0. The molecule has 2 nitrogen and oxygen atoms in total. The number of hydrogen-bond donors (Lipinski definition) is 0. The number of hydrogen-bond acceptors (Lipinski definition) is 2. The molecule has 3 heteroatoms. The van der Waals surface area contributed by atoms with Crippen molar-refractivity contribution in [2.45, 2.75) is 0 Å². The first-order valence-corrected chi connectivity index (χ1v) is 15.7. The molecule has 9 rings (SSSR count). The molecule has 0 radical (unpaired) electrons. The standard InChI is InChI=1S/C42H28N2S/c1-3-13-30(14-4-1)43(39-23-12-21-37-35-18-8-10-24-40(35)45-42(37)39)32-27-25-29(26-28-32)33-19-11-20-36-34-17-7-9-22-38(34)44(41(33)36)31-15-5-2-6-16-31/h1-28H/i1D,3D,4D,13D,14D. The minimum absolute atomic E-state index is 0.111. The van der Waals surface area contributed by atoms with E-state index in [0.717, 1.165) is 59.1 Å². The van der Waals surface area contributed by atoms with Crippen LogP contribution in [0.25, 0.3) is 58.8 Å². The van der Waals surface area contributed by atoms with Gasteiger partial charge in [0, 0.05) is 48.9 Å². The van der Waals surface area contributed by atoms with Crippen molar-refractivity contribution in [1.82, 2.24) is 4.57 Å². The summed E-state index contributed by atoms with van der Waals surface area (Å²) < 4.78 is 47.7. The molecule has 7 aromatic carbocycles. The van der Waals surface area contributed by atoms with E-state index in [0.29, 0.717) is 5.69 Å². The number of nitrogens with zero attached hydrogens (tertiary/aromatic N) is 2. The number of thiophene rings is 1. The van der Waals surface area contributed by atoms with Crippen molar-refractivity contribution in [3.63, 3.8) is 0 Å². The first-order chi connectivity index (χ1) is 24.4. The average molecular weight is 598 g/mol. The van der Waals surface area contributed by atoms with Gasteiger partial charge in [-0.3, -0.25) is 0 Å². The Balaban J connectivity index is 1.28. The Labute approximate surface area is 272 Å². The van der Waals surface area contributed by atoms with Crippen LogP contribution in [0.2, 0.25) is 0 Å². The molecule has 2 aromatic heterocycles. The lowest BCUT2D eigenvalue weighted by atomic mass is 10.0. The van der Waals surface area contributed by atoms with E-state index < -0.39 is 6.04 Å². The van der Waals surface area contributed by atoms with Crippen molar-refractivity contribution < 1.29 is 6.85 Å². The maximum absolute atomic E-state index is 8.99. The average Bonchev–Trinajstić information content (AvgIpc) is 3.72. The highest BCUT2D eigenvalue weighted by Gasteiger charge is 2.19. The highest BCUT2D eigenvalue weighted by molar-refractivity contribution is 7.26. The van der Waals surface area contributed by atoms with Crippen molar-refractivity contribution in [2.24, 2.45) is 0 Å². The van der Waals surface area contributed by atoms with Gasteiger partial charge in [-0.2, -0.15) is 0 Å². The smallest absolute Gasteiger partial charge is 0.0645 e. The fraction of sp³-hybridized carbons (Fsp3) is 0. The third kappa shape index (κ3) is 4.16. The molecule has 0 aliphatic rings. The van der Waals surface area contributed by atoms with E-state index in [-0.39, 0.29) is 29.9 Å². The molecule has 0 saturated heterocycles. The molecule has 0 bridgehead atoms. The van der Waals surface area contributed by atoms with Gasteiger partial charge in [-0.25, -0.2) is 0 Å². The molecule has 0 saturated carbocycles. The van der Waals surface area contributed by atoms with Crippen molar-refractivity contribution in [2.75, 3.05) is 4.90 Å². The zero-order chi connectivity index (χ0) is 34.1. The molecule has 2 heterocycles. The van der Waals surface area contributed by atoms with Crippen molar-refractivity contribution in [3.8, 4) is 16.8 Å². The second kappa shape index (κ2) is 10.5. The van der Waals surface area contributed by atoms with Crippen molar-refractivity contribution in [1.29, 1.82) is 0 Å². The van der Waals surface area contributed by atoms with Gasteiger partial charge in [0.2, 0.25) is 0 Å². The quantitative estimate of drug-likeness (QED) is 0.192. The normalized spacial score (nSPS) is 13.1. The molecule has 9 aromatic rings. The highest BCUT2D eigenvalue weighted by Crippen LogP contribution is 2.45. The Kier molecular flexibility index (Phi) is 4.94. The zero-order valence-electron chi connectivity index (χ0n) is 29.1. The third-order valence-corrected chi connectivity index (χ3v) is 9.69. The number of anilines is 3. The molecular weight excluding hydrogens is 565 g/mol. The molecule has 0 aliphatic carbocycles. The zero-order valence-corrected chi connectivity index (χ0v) is 24.9. The van der Waals surface area contributed by atoms with Crippen LogP contribution >= 0.6 is 11.3 Å². The molecule has 0 fully saturated rings. The minimum atomic E-state index is -0.416. The van der Waals surface area contributed by atoms with Gasteiger partial charge < -0.3 is 9.47 Å². The number of fused-ring (bicyclic) bond motifs is 6. The summed E-state index contributed by atoms with van der Waals surface area (Å²) in [6.45, 7) is 0. The molecule has 212 valence electrons. The Morgan fingerprint density at radius 2 is 1.22 bits per heavy atom.